The minimum Gasteiger partial charge on any atom is -0.369 e. The summed E-state index contributed by atoms with van der Waals surface area (Å²) in [5.41, 5.74) is 3.27. The number of rotatable bonds is 8. The number of benzene rings is 2. The molecule has 0 radical (unpaired) electrons. The van der Waals surface area contributed by atoms with Crippen LogP contribution < -0.4 is 9.62 Å². The highest BCUT2D eigenvalue weighted by atomic mass is 35.5. The standard InChI is InChI=1S/C22H24ClFN4O2S2/c1-27(17-8-10-28(13-17)9-7-16-5-3-2-4-6-16)20-12-19(24)21(11-18(20)23)32(29,30)26-22-14-31-15-25-22/h2-6,11-12,14-15,17,26H,7-10,13H2,1H3. The van der Waals surface area contributed by atoms with Crippen molar-refractivity contribution < 1.29 is 12.8 Å². The third-order valence-corrected chi connectivity index (χ3v) is 7.96. The largest absolute Gasteiger partial charge is 0.369 e. The molecule has 1 unspecified atom stereocenters. The van der Waals surface area contributed by atoms with Gasteiger partial charge in [0.1, 0.15) is 10.7 Å². The van der Waals surface area contributed by atoms with E-state index in [1.807, 2.05) is 30.1 Å². The number of likely N-dealkylation sites (N-methyl/N-ethyl adjacent to an activating group) is 1. The van der Waals surface area contributed by atoms with Crippen LogP contribution in [0.25, 0.3) is 0 Å². The molecule has 1 aromatic heterocycles. The van der Waals surface area contributed by atoms with Crippen LogP contribution in [0.5, 0.6) is 0 Å². The fraction of sp³-hybridized carbons (Fsp3) is 0.318. The second-order valence-electron chi connectivity index (χ2n) is 7.80. The molecule has 1 atom stereocenters. The SMILES string of the molecule is CN(c1cc(F)c(S(=O)(=O)Nc2cscn2)cc1Cl)C1CCN(CCc2ccccc2)C1. The molecule has 2 aromatic carbocycles. The van der Waals surface area contributed by atoms with Crippen LogP contribution in [0.2, 0.25) is 5.02 Å². The Balaban J connectivity index is 1.44. The zero-order valence-corrected chi connectivity index (χ0v) is 19.9. The average molecular weight is 495 g/mol. The lowest BCUT2D eigenvalue weighted by molar-refractivity contribution is 0.338. The van der Waals surface area contributed by atoms with Crippen LogP contribution in [0.3, 0.4) is 0 Å². The smallest absolute Gasteiger partial charge is 0.266 e. The number of nitrogens with one attached hydrogen (secondary N) is 1. The molecule has 1 aliphatic rings. The molecule has 0 saturated carbocycles. The summed E-state index contributed by atoms with van der Waals surface area (Å²) < 4.78 is 42.3. The molecule has 0 amide bonds. The summed E-state index contributed by atoms with van der Waals surface area (Å²) in [5.74, 6) is -0.703. The van der Waals surface area contributed by atoms with E-state index in [-0.39, 0.29) is 16.9 Å². The molecule has 32 heavy (non-hydrogen) atoms. The van der Waals surface area contributed by atoms with Crippen LogP contribution in [0, 0.1) is 5.82 Å². The van der Waals surface area contributed by atoms with Gasteiger partial charge in [-0.3, -0.25) is 4.72 Å². The summed E-state index contributed by atoms with van der Waals surface area (Å²) in [4.78, 5) is 7.71. The lowest BCUT2D eigenvalue weighted by atomic mass is 10.1. The minimum absolute atomic E-state index is 0.147. The number of likely N-dealkylation sites (tertiary alicyclic amines) is 1. The van der Waals surface area contributed by atoms with Crippen LogP contribution in [0.4, 0.5) is 15.9 Å². The van der Waals surface area contributed by atoms with Gasteiger partial charge in [-0.25, -0.2) is 17.8 Å². The van der Waals surface area contributed by atoms with E-state index in [1.165, 1.54) is 39.9 Å². The highest BCUT2D eigenvalue weighted by molar-refractivity contribution is 7.92. The number of nitrogens with zero attached hydrogens (tertiary/aromatic N) is 3. The third kappa shape index (κ3) is 5.23. The Hall–Kier alpha value is -2.20. The Kier molecular flexibility index (Phi) is 6.99. The molecule has 1 aliphatic heterocycles. The van der Waals surface area contributed by atoms with Crippen molar-refractivity contribution in [2.45, 2.75) is 23.8 Å². The molecule has 6 nitrogen and oxygen atoms in total. The lowest BCUT2D eigenvalue weighted by Crippen LogP contribution is -2.35. The molecule has 10 heteroatoms. The predicted molar refractivity (Wildman–Crippen MR) is 128 cm³/mol. The van der Waals surface area contributed by atoms with Crippen molar-refractivity contribution >= 4 is 44.5 Å². The zero-order valence-electron chi connectivity index (χ0n) is 17.5. The van der Waals surface area contributed by atoms with Crippen LogP contribution in [-0.4, -0.2) is 51.0 Å². The fourth-order valence-corrected chi connectivity index (χ4v) is 5.92. The molecule has 0 spiro atoms. The van der Waals surface area contributed by atoms with Crippen molar-refractivity contribution in [1.29, 1.82) is 0 Å². The topological polar surface area (TPSA) is 65.5 Å². The molecule has 3 aromatic rings. The van der Waals surface area contributed by atoms with Gasteiger partial charge in [-0.05, 0) is 24.5 Å². The number of sulfonamides is 1. The molecule has 4 rings (SSSR count). The van der Waals surface area contributed by atoms with E-state index in [0.717, 1.165) is 32.5 Å². The van der Waals surface area contributed by atoms with E-state index < -0.39 is 20.7 Å². The minimum atomic E-state index is -4.13. The van der Waals surface area contributed by atoms with Crippen LogP contribution in [0.15, 0.2) is 58.3 Å². The van der Waals surface area contributed by atoms with Crippen molar-refractivity contribution in [3.8, 4) is 0 Å². The zero-order chi connectivity index (χ0) is 22.7. The van der Waals surface area contributed by atoms with Crippen LogP contribution in [0.1, 0.15) is 12.0 Å². The molecule has 1 saturated heterocycles. The Morgan fingerprint density at radius 1 is 1.31 bits per heavy atom. The third-order valence-electron chi connectivity index (χ3n) is 5.70. The van der Waals surface area contributed by atoms with Gasteiger partial charge in [0.05, 0.1) is 16.2 Å². The highest BCUT2D eigenvalue weighted by Gasteiger charge is 2.29. The van der Waals surface area contributed by atoms with Crippen LogP contribution in [-0.2, 0) is 16.4 Å². The number of thiazole rings is 1. The number of hydrogen-bond acceptors (Lipinski definition) is 6. The van der Waals surface area contributed by atoms with Crippen molar-refractivity contribution in [3.05, 3.63) is 69.8 Å². The molecular formula is C22H24ClFN4O2S2. The van der Waals surface area contributed by atoms with Gasteiger partial charge in [0.2, 0.25) is 0 Å². The van der Waals surface area contributed by atoms with E-state index in [0.29, 0.717) is 5.69 Å². The highest BCUT2D eigenvalue weighted by Crippen LogP contribution is 2.33. The maximum absolute atomic E-state index is 14.9. The van der Waals surface area contributed by atoms with Gasteiger partial charge in [-0.1, -0.05) is 41.9 Å². The maximum Gasteiger partial charge on any atom is 0.266 e. The average Bonchev–Trinajstić information content (AvgIpc) is 3.45. The van der Waals surface area contributed by atoms with Crippen molar-refractivity contribution in [2.75, 3.05) is 36.3 Å². The van der Waals surface area contributed by atoms with Gasteiger partial charge >= 0.3 is 0 Å². The van der Waals surface area contributed by atoms with E-state index in [2.05, 4.69) is 26.7 Å². The predicted octanol–water partition coefficient (Wildman–Crippen LogP) is 4.49. The van der Waals surface area contributed by atoms with Gasteiger partial charge in [0, 0.05) is 44.2 Å². The van der Waals surface area contributed by atoms with Crippen LogP contribution >= 0.6 is 22.9 Å². The lowest BCUT2D eigenvalue weighted by Gasteiger charge is -2.28. The molecule has 0 bridgehead atoms. The van der Waals surface area contributed by atoms with E-state index in [4.69, 9.17) is 11.6 Å². The van der Waals surface area contributed by atoms with Gasteiger partial charge in [-0.2, -0.15) is 0 Å². The van der Waals surface area contributed by atoms with Crippen molar-refractivity contribution in [1.82, 2.24) is 9.88 Å². The summed E-state index contributed by atoms with van der Waals surface area (Å²) in [6.07, 6.45) is 1.90. The Morgan fingerprint density at radius 2 is 2.09 bits per heavy atom. The summed E-state index contributed by atoms with van der Waals surface area (Å²) >= 11 is 7.65. The number of halogens is 2. The first-order chi connectivity index (χ1) is 15.3. The van der Waals surface area contributed by atoms with E-state index in [1.54, 1.807) is 0 Å². The van der Waals surface area contributed by atoms with Gasteiger partial charge in [0.25, 0.3) is 10.0 Å². The first-order valence-electron chi connectivity index (χ1n) is 10.2. The van der Waals surface area contributed by atoms with Gasteiger partial charge < -0.3 is 9.80 Å². The number of hydrogen-bond donors (Lipinski definition) is 1. The molecule has 170 valence electrons. The molecule has 1 N–H and O–H groups in total. The van der Waals surface area contributed by atoms with E-state index in [9.17, 15) is 12.8 Å². The monoisotopic (exact) mass is 494 g/mol. The number of anilines is 2. The molecular weight excluding hydrogens is 471 g/mol. The second kappa shape index (κ2) is 9.74. The Morgan fingerprint density at radius 3 is 2.81 bits per heavy atom. The summed E-state index contributed by atoms with van der Waals surface area (Å²) in [6.45, 7) is 2.74. The quantitative estimate of drug-likeness (QED) is 0.500. The summed E-state index contributed by atoms with van der Waals surface area (Å²) in [7, 11) is -2.26. The van der Waals surface area contributed by atoms with Crippen molar-refractivity contribution in [2.24, 2.45) is 0 Å². The molecule has 2 heterocycles. The van der Waals surface area contributed by atoms with Crippen molar-refractivity contribution in [3.63, 3.8) is 0 Å². The van der Waals surface area contributed by atoms with Gasteiger partial charge in [0.15, 0.2) is 5.82 Å². The number of aromatic nitrogens is 1. The second-order valence-corrected chi connectivity index (χ2v) is 10.6. The molecule has 1 fully saturated rings. The summed E-state index contributed by atoms with van der Waals surface area (Å²) in [6, 6.07) is 12.9. The molecule has 0 aliphatic carbocycles. The normalized spacial score (nSPS) is 16.9. The Bertz CT molecular complexity index is 1160. The summed E-state index contributed by atoms with van der Waals surface area (Å²) in [5, 5.41) is 1.72. The van der Waals surface area contributed by atoms with Gasteiger partial charge in [-0.15, -0.1) is 11.3 Å². The fourth-order valence-electron chi connectivity index (χ4n) is 3.91. The first-order valence-corrected chi connectivity index (χ1v) is 13.0. The Labute approximate surface area is 196 Å². The maximum atomic E-state index is 14.9. The first kappa shape index (κ1) is 23.0. The van der Waals surface area contributed by atoms with E-state index >= 15 is 0 Å².